The van der Waals surface area contributed by atoms with Gasteiger partial charge in [-0.2, -0.15) is 21.0 Å². The van der Waals surface area contributed by atoms with Crippen molar-refractivity contribution < 1.29 is 69.4 Å². The van der Waals surface area contributed by atoms with E-state index in [1.807, 2.05) is 24.3 Å². The monoisotopic (exact) mass is 1600 g/mol. The van der Waals surface area contributed by atoms with Gasteiger partial charge in [-0.05, 0) is 125 Å². The minimum absolute atomic E-state index is 0. The summed E-state index contributed by atoms with van der Waals surface area (Å²) in [5.41, 5.74) is 9.93. The maximum absolute atomic E-state index is 13.3. The fourth-order valence-electron chi connectivity index (χ4n) is 14.1. The van der Waals surface area contributed by atoms with Gasteiger partial charge in [-0.25, -0.2) is 32.8 Å². The first kappa shape index (κ1) is 101. The van der Waals surface area contributed by atoms with Crippen LogP contribution in [0.2, 0.25) is 0 Å². The number of urea groups is 2. The van der Waals surface area contributed by atoms with Crippen LogP contribution in [0.5, 0.6) is 0 Å². The Kier molecular flexibility index (Phi) is 40.5. The van der Waals surface area contributed by atoms with Crippen molar-refractivity contribution in [3.8, 4) is 24.3 Å². The molecule has 6 aromatic rings. The highest BCUT2D eigenvalue weighted by atomic mass is 79.9. The molecule has 2 saturated heterocycles. The number of esters is 3. The van der Waals surface area contributed by atoms with Crippen molar-refractivity contribution in [3.05, 3.63) is 211 Å². The lowest BCUT2D eigenvalue weighted by atomic mass is 8.29. The first-order valence-corrected chi connectivity index (χ1v) is 36.6. The highest BCUT2D eigenvalue weighted by Crippen LogP contribution is 2.33. The van der Waals surface area contributed by atoms with Crippen molar-refractivity contribution in [2.24, 2.45) is 5.73 Å². The summed E-state index contributed by atoms with van der Waals surface area (Å²) in [4.78, 5) is 94.7. The second-order valence-electron chi connectivity index (χ2n) is 27.2. The van der Waals surface area contributed by atoms with E-state index < -0.39 is 155 Å². The Hall–Kier alpha value is -8.43. The van der Waals surface area contributed by atoms with E-state index in [1.54, 1.807) is 54.6 Å². The Labute approximate surface area is 735 Å². The van der Waals surface area contributed by atoms with Crippen molar-refractivity contribution in [2.45, 2.75) is 43.6 Å². The summed E-state index contributed by atoms with van der Waals surface area (Å²) in [6.07, 6.45) is -16.4. The number of fused-ring (bicyclic) bond motifs is 2. The summed E-state index contributed by atoms with van der Waals surface area (Å²) in [5, 5.41) is 53.7. The Morgan fingerprint density at radius 1 is 0.546 bits per heavy atom. The predicted molar refractivity (Wildman–Crippen MR) is 499 cm³/mol. The molecule has 4 aliphatic rings. The van der Waals surface area contributed by atoms with Crippen LogP contribution in [0.4, 0.5) is 18.4 Å². The van der Waals surface area contributed by atoms with Gasteiger partial charge in [-0.1, -0.05) is 47.6 Å². The van der Waals surface area contributed by atoms with Crippen LogP contribution in [-0.4, -0.2) is 333 Å². The number of alkyl halides is 1. The molecule has 0 aromatic heterocycles. The molecule has 4 aliphatic heterocycles. The SMILES string of the molecule is C.COC(=O)c1ccc(C#N)cc1CBr.COC(=O)c1ccc(C#N)cc1CO.N#Cc1ccc2c(c1)CN(CC1(c3ccc(F)cc3)NC(=O)NC1=O)C2=O.N#Cc1ccc2c(c1)COC2=O.NCC1(c2ccc(F)cc2)NC(=O)NC1=O.[2H][2H].[B][B]B([B])B(B(B([B])[B])B([B])[B])B(B(B([B])[B])B([B])[B])B(B(B([B])[B])B([B])[B])B(B([B])[B])B([B])[B]. The third-order valence-corrected chi connectivity index (χ3v) is 20.3. The van der Waals surface area contributed by atoms with Gasteiger partial charge in [0.1, 0.15) is 18.2 Å². The third-order valence-electron chi connectivity index (χ3n) is 19.7. The van der Waals surface area contributed by atoms with Crippen LogP contribution < -0.4 is 27.0 Å². The van der Waals surface area contributed by atoms with Crippen LogP contribution in [0.1, 0.15) is 107 Å². The summed E-state index contributed by atoms with van der Waals surface area (Å²) in [5.74, 6) is -3.53. The van der Waals surface area contributed by atoms with E-state index >= 15 is 0 Å². The fraction of sp³-hybridized carbons (Fsp3) is 0.186. The number of benzene rings is 6. The third kappa shape index (κ3) is 26.1. The second-order valence-corrected chi connectivity index (χ2v) is 27.8. The Balaban J connectivity index is 0.000000389. The molecule has 10 rings (SSSR count). The summed E-state index contributed by atoms with van der Waals surface area (Å²) < 4.78 is 50.0. The van der Waals surface area contributed by atoms with Crippen LogP contribution in [0.15, 0.2) is 121 Å². The smallest absolute Gasteiger partial charge is 0.338 e. The summed E-state index contributed by atoms with van der Waals surface area (Å²) in [7, 11) is 114. The van der Waals surface area contributed by atoms with E-state index in [0.717, 1.165) is 11.1 Å². The van der Waals surface area contributed by atoms with Gasteiger partial charge in [0.05, 0.1) is 90.6 Å². The van der Waals surface area contributed by atoms with E-state index in [1.165, 1.54) is 92.9 Å². The summed E-state index contributed by atoms with van der Waals surface area (Å²) in [6, 6.07) is 36.1. The molecule has 6 aromatic carbocycles. The van der Waals surface area contributed by atoms with Gasteiger partial charge in [0, 0.05) is 281 Å². The number of nitriles is 4. The molecule has 0 bridgehead atoms. The van der Waals surface area contributed by atoms with Crippen molar-refractivity contribution in [1.82, 2.24) is 26.2 Å². The molecule has 4 heterocycles. The Morgan fingerprint density at radius 2 is 0.899 bits per heavy atom. The number of nitrogens with two attached hydrogens (primary N) is 1. The van der Waals surface area contributed by atoms with Gasteiger partial charge in [-0.15, -0.1) is 0 Å². The minimum atomic E-state index is -1.51. The number of amides is 7. The summed E-state index contributed by atoms with van der Waals surface area (Å²) >= 11 is 3.25. The van der Waals surface area contributed by atoms with Crippen LogP contribution in [0.25, 0.3) is 0 Å². The number of rotatable bonds is 25. The molecule has 119 heavy (non-hydrogen) atoms. The largest absolute Gasteiger partial charge is 0.465 e. The topological polar surface area (TPSA) is 357 Å². The average molecular weight is 1590 g/mol. The van der Waals surface area contributed by atoms with Crippen molar-refractivity contribution in [2.75, 3.05) is 27.3 Å². The second kappa shape index (κ2) is 47.7. The van der Waals surface area contributed by atoms with E-state index in [9.17, 15) is 47.1 Å². The number of aliphatic hydroxyl groups excluding tert-OH is 1. The number of carbonyl (C=O) groups is 8. The van der Waals surface area contributed by atoms with Gasteiger partial charge in [0.2, 0.25) is 0 Å². The zero-order chi connectivity index (χ0) is 90.5. The lowest BCUT2D eigenvalue weighted by molar-refractivity contribution is -0.125. The number of hydrogen-bond acceptors (Lipinski definition) is 17. The molecule has 60 heteroatoms. The van der Waals surface area contributed by atoms with Gasteiger partial charge >= 0.3 is 30.0 Å². The summed E-state index contributed by atoms with van der Waals surface area (Å²) in [6.45, 7) is 0.00122. The van der Waals surface area contributed by atoms with Crippen molar-refractivity contribution in [1.29, 1.82) is 21.0 Å². The highest BCUT2D eigenvalue weighted by molar-refractivity contribution is 9.08. The molecule has 0 saturated carbocycles. The molecule has 0 aliphatic carbocycles. The van der Waals surface area contributed by atoms with Gasteiger partial charge in [-0.3, -0.25) is 25.0 Å². The molecular weight excluding hydrogens is 1540 g/mol. The predicted octanol–water partition coefficient (Wildman–Crippen LogP) is -6.93. The van der Waals surface area contributed by atoms with Crippen LogP contribution in [0, 0.1) is 57.0 Å². The zero-order valence-electron chi connectivity index (χ0n) is 65.9. The number of nitrogens with one attached hydrogen (secondary N) is 4. The van der Waals surface area contributed by atoms with Crippen LogP contribution in [0.3, 0.4) is 0 Å². The normalized spacial score (nSPS) is 14.4. The van der Waals surface area contributed by atoms with Gasteiger partial charge in [0.15, 0.2) is 11.1 Å². The van der Waals surface area contributed by atoms with Gasteiger partial charge in [0.25, 0.3) is 17.7 Å². The number of cyclic esters (lactones) is 1. The van der Waals surface area contributed by atoms with Crippen molar-refractivity contribution >= 4 is 312 Å². The number of halogens is 3. The van der Waals surface area contributed by atoms with Crippen LogP contribution >= 0.6 is 15.9 Å². The molecule has 2 atom stereocenters. The molecule has 535 valence electrons. The molecule has 2 unspecified atom stereocenters. The lowest BCUT2D eigenvalue weighted by Gasteiger charge is -2.52. The first-order chi connectivity index (χ1) is 56.7. The van der Waals surface area contributed by atoms with E-state index in [-0.39, 0.29) is 57.1 Å². The standard InChI is InChI=1S/C19H13FN4O3.C10H8BrNO2.C10H10FN3O2.C10H9NO3.C9H5NO2.CH4.B35.H2/c20-14-4-2-13(3-5-14)19(17(26)22-18(27)23-19)10-24-9-12-7-11(8-21)1-6-15(12)16(24)25;1-14-10(13)9-3-2-7(6-12)4-8(9)5-11;11-7-3-1-6(2-4-7)10(5-12)8(15)13-9(16)14-10;1-14-10(13)9-3-2-7(5-11)4-8(9)6-12;10-4-6-1-2-8-7(3-6)5-12-9(8)11;;1-19-28(18)33(29(20(2)3)21(4)5)35(32(26(14)15)27(16)17)34(30(22(6)7)23(8)9)31(24(10)11)25(12)13;/h1-7H,9-10H2,(H2,22,23,26,27);2-4H,5H2,1H3;1-4H,5,12H2,(H2,13,14,15,16);2-4,12H,6H2,1H3;1-3H,5H2;1H4;;1H/i;;;;;;;1+1D. The van der Waals surface area contributed by atoms with E-state index in [0.29, 0.717) is 73.1 Å². The van der Waals surface area contributed by atoms with E-state index in [2.05, 4.69) is 46.7 Å². The van der Waals surface area contributed by atoms with E-state index in [4.69, 9.17) is 179 Å². The maximum Gasteiger partial charge on any atom is 0.338 e. The molecular formula is C59H51B35BrF2N10O12. The number of nitrogens with zero attached hydrogens (tertiary/aromatic N) is 5. The van der Waals surface area contributed by atoms with Gasteiger partial charge < -0.3 is 40.6 Å². The number of aliphatic hydroxyl groups is 1. The maximum atomic E-state index is 13.3. The molecule has 22 nitrogen and oxygen atoms in total. The number of imide groups is 2. The van der Waals surface area contributed by atoms with Crippen LogP contribution in [-0.2, 0) is 60.0 Å². The molecule has 7 amide bonds. The lowest BCUT2D eigenvalue weighted by Crippen LogP contribution is -2.90. The zero-order valence-corrected chi connectivity index (χ0v) is 65.5. The number of ether oxygens (including phenoxy) is 3. The fourth-order valence-corrected chi connectivity index (χ4v) is 14.6. The highest BCUT2D eigenvalue weighted by Gasteiger charge is 2.56. The quantitative estimate of drug-likeness (QED) is 0.0102. The number of hydrogen-bond donors (Lipinski definition) is 6. The molecule has 0 spiro atoms. The number of methoxy groups -OCH3 is 2. The average Bonchev–Trinajstić information content (AvgIpc) is 1.67. The Morgan fingerprint density at radius 3 is 1.26 bits per heavy atom. The molecule has 37 radical (unpaired) electrons. The molecule has 2 fully saturated rings. The molecule has 7 N–H and O–H groups in total. The Bertz CT molecular complexity index is 4650. The van der Waals surface area contributed by atoms with Crippen molar-refractivity contribution in [3.63, 3.8) is 0 Å². The minimum Gasteiger partial charge on any atom is -0.465 e. The first-order valence-electron chi connectivity index (χ1n) is 36.5. The number of carbonyl (C=O) groups excluding carboxylic acids is 8.